The number of hydrogen-bond donors (Lipinski definition) is 0. The molecule has 4 nitrogen and oxygen atoms in total. The van der Waals surface area contributed by atoms with Crippen molar-refractivity contribution in [3.8, 4) is 24.3 Å². The van der Waals surface area contributed by atoms with E-state index in [-0.39, 0.29) is 5.57 Å². The molecule has 0 saturated carbocycles. The van der Waals surface area contributed by atoms with Gasteiger partial charge in [0.2, 0.25) is 0 Å². The molecule has 0 N–H and O–H groups in total. The number of rotatable bonds is 3. The third-order valence-corrected chi connectivity index (χ3v) is 2.28. The van der Waals surface area contributed by atoms with Crippen molar-refractivity contribution in [2.45, 2.75) is 6.42 Å². The standard InChI is InChI=1S/C14H8N4/c15-7-13(8-16)5-11-1-2-12(4-3-11)6-14(9-17)10-18/h1-5,14H,6H2. The lowest BCUT2D eigenvalue weighted by Crippen LogP contribution is -1.98. The Balaban J connectivity index is 2.87. The molecular weight excluding hydrogens is 224 g/mol. The van der Waals surface area contributed by atoms with Gasteiger partial charge in [-0.15, -0.1) is 0 Å². The maximum Gasteiger partial charge on any atom is 0.137 e. The van der Waals surface area contributed by atoms with Gasteiger partial charge in [0, 0.05) is 6.42 Å². The van der Waals surface area contributed by atoms with Crippen molar-refractivity contribution in [1.82, 2.24) is 0 Å². The second-order valence-electron chi connectivity index (χ2n) is 3.54. The van der Waals surface area contributed by atoms with Gasteiger partial charge in [0.25, 0.3) is 0 Å². The first-order valence-electron chi connectivity index (χ1n) is 5.13. The van der Waals surface area contributed by atoms with Gasteiger partial charge in [-0.1, -0.05) is 24.3 Å². The van der Waals surface area contributed by atoms with Gasteiger partial charge in [-0.3, -0.25) is 0 Å². The van der Waals surface area contributed by atoms with Crippen molar-refractivity contribution in [2.24, 2.45) is 5.92 Å². The fourth-order valence-electron chi connectivity index (χ4n) is 1.36. The Morgan fingerprint density at radius 1 is 1.00 bits per heavy atom. The number of benzene rings is 1. The zero-order valence-electron chi connectivity index (χ0n) is 9.46. The van der Waals surface area contributed by atoms with Gasteiger partial charge >= 0.3 is 0 Å². The molecule has 1 rings (SSSR count). The maximum atomic E-state index is 8.67. The van der Waals surface area contributed by atoms with E-state index in [1.165, 1.54) is 6.08 Å². The smallest absolute Gasteiger partial charge is 0.137 e. The zero-order chi connectivity index (χ0) is 13.4. The summed E-state index contributed by atoms with van der Waals surface area (Å²) in [6.07, 6.45) is 1.86. The summed E-state index contributed by atoms with van der Waals surface area (Å²) in [6.45, 7) is 0. The van der Waals surface area contributed by atoms with E-state index in [0.717, 1.165) is 11.1 Å². The van der Waals surface area contributed by atoms with Gasteiger partial charge < -0.3 is 0 Å². The Bertz CT molecular complexity index is 582. The lowest BCUT2D eigenvalue weighted by atomic mass is 10.0. The Morgan fingerprint density at radius 2 is 1.56 bits per heavy atom. The van der Waals surface area contributed by atoms with Crippen molar-refractivity contribution >= 4 is 6.08 Å². The number of nitriles is 4. The second-order valence-corrected chi connectivity index (χ2v) is 3.54. The first-order chi connectivity index (χ1) is 8.73. The molecular formula is C14H8N4. The minimum Gasteiger partial charge on any atom is -0.197 e. The number of hydrogen-bond acceptors (Lipinski definition) is 4. The summed E-state index contributed by atoms with van der Waals surface area (Å²) in [5.74, 6) is -0.653. The van der Waals surface area contributed by atoms with Crippen LogP contribution in [0.3, 0.4) is 0 Å². The highest BCUT2D eigenvalue weighted by Crippen LogP contribution is 2.12. The van der Waals surface area contributed by atoms with Crippen LogP contribution >= 0.6 is 0 Å². The molecule has 1 aromatic carbocycles. The van der Waals surface area contributed by atoms with Gasteiger partial charge in [-0.05, 0) is 17.2 Å². The third kappa shape index (κ3) is 3.49. The summed E-state index contributed by atoms with van der Waals surface area (Å²) < 4.78 is 0. The lowest BCUT2D eigenvalue weighted by molar-refractivity contribution is 0.834. The van der Waals surface area contributed by atoms with Gasteiger partial charge in [-0.25, -0.2) is 0 Å². The van der Waals surface area contributed by atoms with E-state index in [9.17, 15) is 0 Å². The first kappa shape index (κ1) is 13.0. The van der Waals surface area contributed by atoms with Crippen LogP contribution in [0.25, 0.3) is 6.08 Å². The predicted molar refractivity (Wildman–Crippen MR) is 64.1 cm³/mol. The quantitative estimate of drug-likeness (QED) is 0.747. The normalized spacial score (nSPS) is 8.50. The topological polar surface area (TPSA) is 95.2 Å². The van der Waals surface area contributed by atoms with Crippen LogP contribution in [0.5, 0.6) is 0 Å². The van der Waals surface area contributed by atoms with E-state index >= 15 is 0 Å². The Kier molecular flexibility index (Phi) is 4.68. The van der Waals surface area contributed by atoms with Gasteiger partial charge in [0.05, 0.1) is 12.1 Å². The minimum atomic E-state index is -0.653. The molecule has 0 bridgehead atoms. The molecule has 0 fully saturated rings. The molecule has 0 spiro atoms. The third-order valence-electron chi connectivity index (χ3n) is 2.28. The van der Waals surface area contributed by atoms with E-state index in [2.05, 4.69) is 0 Å². The van der Waals surface area contributed by atoms with Crippen LogP contribution in [-0.2, 0) is 6.42 Å². The molecule has 0 aliphatic rings. The van der Waals surface area contributed by atoms with Crippen molar-refractivity contribution in [3.63, 3.8) is 0 Å². The highest BCUT2D eigenvalue weighted by atomic mass is 14.3. The highest BCUT2D eigenvalue weighted by Gasteiger charge is 2.06. The minimum absolute atomic E-state index is 0.0367. The molecule has 0 saturated heterocycles. The summed E-state index contributed by atoms with van der Waals surface area (Å²) >= 11 is 0. The van der Waals surface area contributed by atoms with Crippen LogP contribution in [0.4, 0.5) is 0 Å². The van der Waals surface area contributed by atoms with E-state index in [4.69, 9.17) is 21.0 Å². The molecule has 0 heterocycles. The summed E-state index contributed by atoms with van der Waals surface area (Å²) in [6, 6.07) is 14.4. The summed E-state index contributed by atoms with van der Waals surface area (Å²) in [7, 11) is 0. The molecule has 0 atom stereocenters. The van der Waals surface area contributed by atoms with E-state index in [0.29, 0.717) is 6.42 Å². The molecule has 18 heavy (non-hydrogen) atoms. The fraction of sp³-hybridized carbons (Fsp3) is 0.143. The average molecular weight is 232 g/mol. The molecule has 4 heteroatoms. The van der Waals surface area contributed by atoms with Crippen molar-refractivity contribution in [3.05, 3.63) is 41.0 Å². The van der Waals surface area contributed by atoms with E-state index in [1.807, 2.05) is 12.1 Å². The first-order valence-corrected chi connectivity index (χ1v) is 5.13. The van der Waals surface area contributed by atoms with Crippen LogP contribution in [0, 0.1) is 51.2 Å². The fourth-order valence-corrected chi connectivity index (χ4v) is 1.36. The largest absolute Gasteiger partial charge is 0.197 e. The molecule has 0 radical (unpaired) electrons. The molecule has 1 aromatic rings. The summed E-state index contributed by atoms with van der Waals surface area (Å²) in [5.41, 5.74) is 1.65. The maximum absolute atomic E-state index is 8.67. The molecule has 0 aromatic heterocycles. The Hall–Kier alpha value is -3.08. The van der Waals surface area contributed by atoms with Crippen molar-refractivity contribution in [1.29, 1.82) is 21.0 Å². The predicted octanol–water partition coefficient (Wildman–Crippen LogP) is 2.32. The van der Waals surface area contributed by atoms with Crippen LogP contribution in [0.1, 0.15) is 11.1 Å². The molecule has 0 aliphatic carbocycles. The number of nitrogens with zero attached hydrogens (tertiary/aromatic N) is 4. The van der Waals surface area contributed by atoms with Crippen molar-refractivity contribution in [2.75, 3.05) is 0 Å². The Labute approximate surface area is 105 Å². The Morgan fingerprint density at radius 3 is 2.00 bits per heavy atom. The van der Waals surface area contributed by atoms with Gasteiger partial charge in [0.15, 0.2) is 0 Å². The lowest BCUT2D eigenvalue weighted by Gasteiger charge is -2.01. The van der Waals surface area contributed by atoms with Crippen molar-refractivity contribution < 1.29 is 0 Å². The van der Waals surface area contributed by atoms with Gasteiger partial charge in [-0.2, -0.15) is 21.0 Å². The molecule has 0 aliphatic heterocycles. The monoisotopic (exact) mass is 232 g/mol. The number of allylic oxidation sites excluding steroid dienone is 1. The van der Waals surface area contributed by atoms with Crippen LogP contribution in [0.2, 0.25) is 0 Å². The highest BCUT2D eigenvalue weighted by molar-refractivity contribution is 5.62. The summed E-state index contributed by atoms with van der Waals surface area (Å²) in [5, 5.41) is 34.6. The van der Waals surface area contributed by atoms with Gasteiger partial charge in [0.1, 0.15) is 23.6 Å². The molecule has 84 valence electrons. The van der Waals surface area contributed by atoms with Crippen LogP contribution < -0.4 is 0 Å². The average Bonchev–Trinajstić information content (AvgIpc) is 2.43. The van der Waals surface area contributed by atoms with Crippen LogP contribution in [-0.4, -0.2) is 0 Å². The van der Waals surface area contributed by atoms with Crippen LogP contribution in [0.15, 0.2) is 29.8 Å². The second kappa shape index (κ2) is 6.49. The zero-order valence-corrected chi connectivity index (χ0v) is 9.46. The van der Waals surface area contributed by atoms with E-state index < -0.39 is 5.92 Å². The molecule has 0 unspecified atom stereocenters. The van der Waals surface area contributed by atoms with E-state index in [1.54, 1.807) is 36.4 Å². The SMILES string of the molecule is N#CC(C#N)=Cc1ccc(CC(C#N)C#N)cc1. The molecule has 0 amide bonds. The summed E-state index contributed by atoms with van der Waals surface area (Å²) in [4.78, 5) is 0.